The summed E-state index contributed by atoms with van der Waals surface area (Å²) in [4.78, 5) is 0. The summed E-state index contributed by atoms with van der Waals surface area (Å²) in [6, 6.07) is 63.8. The van der Waals surface area contributed by atoms with E-state index in [1.807, 2.05) is 3.21 Å². The van der Waals surface area contributed by atoms with Gasteiger partial charge in [0.15, 0.2) is 0 Å². The molecule has 3 heteroatoms. The van der Waals surface area contributed by atoms with Crippen LogP contribution >= 0.6 is 0 Å². The Labute approximate surface area is 329 Å². The van der Waals surface area contributed by atoms with Gasteiger partial charge in [-0.2, -0.15) is 0 Å². The quantitative estimate of drug-likeness (QED) is 0.170. The molecule has 0 amide bonds. The van der Waals surface area contributed by atoms with Gasteiger partial charge in [0.1, 0.15) is 0 Å². The van der Waals surface area contributed by atoms with E-state index in [0.717, 1.165) is 0 Å². The zero-order chi connectivity index (χ0) is 33.3. The third kappa shape index (κ3) is 6.85. The topological polar surface area (TPSA) is 0 Å². The van der Waals surface area contributed by atoms with Crippen molar-refractivity contribution in [3.63, 3.8) is 0 Å². The first-order valence-electron chi connectivity index (χ1n) is 18.4. The number of hydrogen-bond donors (Lipinski definition) is 0. The molecule has 1 fully saturated rings. The zero-order valence-electron chi connectivity index (χ0n) is 29.2. The molecular formula is C49H42Cl2Zr. The molecule has 3 aliphatic carbocycles. The molecule has 0 radical (unpaired) electrons. The Bertz CT molecular complexity index is 1980. The van der Waals surface area contributed by atoms with Gasteiger partial charge < -0.3 is 24.8 Å². The monoisotopic (exact) mass is 790 g/mol. The standard InChI is InChI=1S/2C22H17.C5H8.2ClH.Zr/c2*1-3-10-18(11-4-1)22(19-12-5-2-6-13-19)21-16-15-17-9-7-8-14-20(17)21;1-2-4-5-3-1;;;/h2*1-16,22H;1-4H2;2*1H;/q;;;;;+2/p-2. The molecule has 2 atom stereocenters. The van der Waals surface area contributed by atoms with Gasteiger partial charge in [0, 0.05) is 0 Å². The SMILES string of the molecule is C1=C(C(c2ccccc2)c2ccccc2)c2ccccc2[CH]1[Zr+2](=[C]1CCCC1)[CH]1C=C(C(c2ccccc2)c2ccccc2)c2ccccc21.[Cl-].[Cl-]. The third-order valence-corrected chi connectivity index (χ3v) is 20.2. The summed E-state index contributed by atoms with van der Waals surface area (Å²) in [6.07, 6.45) is 10.9. The number of allylic oxidation sites excluding steroid dienone is 4. The van der Waals surface area contributed by atoms with Gasteiger partial charge in [-0.05, 0) is 0 Å². The van der Waals surface area contributed by atoms with Crippen LogP contribution in [0, 0.1) is 0 Å². The number of benzene rings is 6. The van der Waals surface area contributed by atoms with Crippen molar-refractivity contribution < 1.29 is 46.1 Å². The Balaban J connectivity index is 0.00000210. The van der Waals surface area contributed by atoms with E-state index in [1.165, 1.54) is 70.2 Å². The molecule has 0 heterocycles. The number of hydrogen-bond acceptors (Lipinski definition) is 0. The van der Waals surface area contributed by atoms with Crippen molar-refractivity contribution in [1.82, 2.24) is 0 Å². The second-order valence-corrected chi connectivity index (χ2v) is 21.2. The van der Waals surface area contributed by atoms with Crippen LogP contribution in [0.25, 0.3) is 11.1 Å². The number of fused-ring (bicyclic) bond motifs is 2. The van der Waals surface area contributed by atoms with Crippen molar-refractivity contribution >= 4 is 14.4 Å². The minimum Gasteiger partial charge on any atom is -1.00 e. The Kier molecular flexibility index (Phi) is 11.5. The minimum absolute atomic E-state index is 0. The van der Waals surface area contributed by atoms with Crippen LogP contribution in [0.1, 0.15) is 89.3 Å². The second-order valence-electron chi connectivity index (χ2n) is 14.1. The average molecular weight is 793 g/mol. The maximum atomic E-state index is 2.79. The Morgan fingerprint density at radius 3 is 1.04 bits per heavy atom. The maximum absolute atomic E-state index is 2.79. The van der Waals surface area contributed by atoms with Gasteiger partial charge in [0.25, 0.3) is 0 Å². The van der Waals surface area contributed by atoms with Crippen LogP contribution in [0.3, 0.4) is 0 Å². The van der Waals surface area contributed by atoms with E-state index < -0.39 is 21.3 Å². The summed E-state index contributed by atoms with van der Waals surface area (Å²) < 4.78 is 2.97. The fraction of sp³-hybridized carbons (Fsp3) is 0.163. The van der Waals surface area contributed by atoms with Crippen LogP contribution in [0.2, 0.25) is 0 Å². The smallest absolute Gasteiger partial charge is 1.00 e. The summed E-state index contributed by atoms with van der Waals surface area (Å²) in [5, 5.41) is 0. The fourth-order valence-corrected chi connectivity index (χ4v) is 19.3. The molecule has 0 aromatic heterocycles. The van der Waals surface area contributed by atoms with E-state index in [9.17, 15) is 0 Å². The first-order chi connectivity index (χ1) is 24.8. The van der Waals surface area contributed by atoms with E-state index in [-0.39, 0.29) is 36.6 Å². The molecule has 6 aromatic carbocycles. The summed E-state index contributed by atoms with van der Waals surface area (Å²) in [5.74, 6) is 0.425. The average Bonchev–Trinajstić information content (AvgIpc) is 3.94. The first-order valence-corrected chi connectivity index (χ1v) is 22.5. The van der Waals surface area contributed by atoms with E-state index in [2.05, 4.69) is 182 Å². The van der Waals surface area contributed by atoms with Gasteiger partial charge in [-0.3, -0.25) is 0 Å². The predicted molar refractivity (Wildman–Crippen MR) is 207 cm³/mol. The molecule has 52 heavy (non-hydrogen) atoms. The molecule has 256 valence electrons. The Morgan fingerprint density at radius 2 is 0.692 bits per heavy atom. The molecule has 6 aromatic rings. The molecule has 2 unspecified atom stereocenters. The van der Waals surface area contributed by atoms with Gasteiger partial charge in [-0.25, -0.2) is 0 Å². The molecule has 1 saturated carbocycles. The van der Waals surface area contributed by atoms with Gasteiger partial charge in [0.05, 0.1) is 0 Å². The van der Waals surface area contributed by atoms with E-state index in [4.69, 9.17) is 0 Å². The van der Waals surface area contributed by atoms with Crippen molar-refractivity contribution in [1.29, 1.82) is 0 Å². The molecular weight excluding hydrogens is 751 g/mol. The van der Waals surface area contributed by atoms with Crippen LogP contribution in [0.4, 0.5) is 0 Å². The molecule has 0 spiro atoms. The van der Waals surface area contributed by atoms with Gasteiger partial charge >= 0.3 is 307 Å². The van der Waals surface area contributed by atoms with Gasteiger partial charge in [-0.15, -0.1) is 0 Å². The molecule has 0 aliphatic heterocycles. The molecule has 0 nitrogen and oxygen atoms in total. The maximum Gasteiger partial charge on any atom is -1.00 e. The molecule has 0 N–H and O–H groups in total. The molecule has 0 bridgehead atoms. The zero-order valence-corrected chi connectivity index (χ0v) is 33.2. The summed E-state index contributed by atoms with van der Waals surface area (Å²) in [5.41, 5.74) is 14.6. The van der Waals surface area contributed by atoms with Crippen molar-refractivity contribution in [2.75, 3.05) is 0 Å². The molecule has 9 rings (SSSR count). The van der Waals surface area contributed by atoms with Crippen LogP contribution in [0.15, 0.2) is 182 Å². The van der Waals surface area contributed by atoms with E-state index in [1.54, 1.807) is 11.1 Å². The molecule has 0 saturated heterocycles. The largest absolute Gasteiger partial charge is 1.00 e. The third-order valence-electron chi connectivity index (χ3n) is 11.3. The van der Waals surface area contributed by atoms with E-state index in [0.29, 0.717) is 7.25 Å². The van der Waals surface area contributed by atoms with Crippen molar-refractivity contribution in [2.45, 2.75) is 44.8 Å². The summed E-state index contributed by atoms with van der Waals surface area (Å²) in [6.45, 7) is 0. The van der Waals surface area contributed by atoms with Gasteiger partial charge in [0.2, 0.25) is 0 Å². The van der Waals surface area contributed by atoms with Crippen LogP contribution in [-0.2, 0) is 21.3 Å². The van der Waals surface area contributed by atoms with Crippen LogP contribution in [0.5, 0.6) is 0 Å². The first kappa shape index (κ1) is 36.5. The minimum atomic E-state index is -2.48. The van der Waals surface area contributed by atoms with Crippen molar-refractivity contribution in [3.8, 4) is 0 Å². The van der Waals surface area contributed by atoms with Gasteiger partial charge in [-0.1, -0.05) is 0 Å². The van der Waals surface area contributed by atoms with E-state index >= 15 is 0 Å². The molecule has 3 aliphatic rings. The summed E-state index contributed by atoms with van der Waals surface area (Å²) in [7, 11) is 0. The fourth-order valence-electron chi connectivity index (χ4n) is 9.21. The predicted octanol–water partition coefficient (Wildman–Crippen LogP) is 6.30. The van der Waals surface area contributed by atoms with Crippen LogP contribution in [-0.4, -0.2) is 3.21 Å². The van der Waals surface area contributed by atoms with Crippen molar-refractivity contribution in [3.05, 3.63) is 227 Å². The second kappa shape index (κ2) is 16.4. The van der Waals surface area contributed by atoms with Crippen LogP contribution < -0.4 is 24.8 Å². The normalized spacial score (nSPS) is 17.0. The number of halogens is 2. The Hall–Kier alpha value is -3.87. The summed E-state index contributed by atoms with van der Waals surface area (Å²) >= 11 is -2.48. The Morgan fingerprint density at radius 1 is 0.385 bits per heavy atom. The van der Waals surface area contributed by atoms with Crippen molar-refractivity contribution in [2.24, 2.45) is 0 Å². The number of rotatable bonds is 8.